The normalized spacial score (nSPS) is 14.1. The molecule has 5 nitrogen and oxygen atoms in total. The molecule has 0 spiro atoms. The van der Waals surface area contributed by atoms with Gasteiger partial charge >= 0.3 is 0 Å². The van der Waals surface area contributed by atoms with Gasteiger partial charge in [0.25, 0.3) is 0 Å². The Bertz CT molecular complexity index is 1100. The summed E-state index contributed by atoms with van der Waals surface area (Å²) in [4.78, 5) is 6.38. The zero-order valence-corrected chi connectivity index (χ0v) is 18.7. The van der Waals surface area contributed by atoms with E-state index in [1.54, 1.807) is 5.01 Å². The van der Waals surface area contributed by atoms with Gasteiger partial charge in [-0.05, 0) is 36.1 Å². The van der Waals surface area contributed by atoms with Gasteiger partial charge in [-0.3, -0.25) is 0 Å². The highest BCUT2D eigenvalue weighted by molar-refractivity contribution is 6.30. The molecule has 0 unspecified atom stereocenters. The van der Waals surface area contributed by atoms with E-state index in [9.17, 15) is 0 Å². The second-order valence-corrected chi connectivity index (χ2v) is 8.29. The Morgan fingerprint density at radius 1 is 1.13 bits per heavy atom. The fourth-order valence-corrected chi connectivity index (χ4v) is 3.96. The molecule has 0 atom stereocenters. The lowest BCUT2D eigenvalue weighted by molar-refractivity contribution is 0.151. The first-order valence-corrected chi connectivity index (χ1v) is 10.9. The van der Waals surface area contributed by atoms with Gasteiger partial charge in [0.1, 0.15) is 18.4 Å². The number of halogens is 2. The van der Waals surface area contributed by atoms with Crippen LogP contribution in [0.3, 0.4) is 0 Å². The van der Waals surface area contributed by atoms with Crippen LogP contribution in [0, 0.1) is 5.82 Å². The van der Waals surface area contributed by atoms with Crippen LogP contribution in [0.5, 0.6) is 0 Å². The lowest BCUT2D eigenvalue weighted by Crippen LogP contribution is -2.33. The van der Waals surface area contributed by atoms with E-state index in [0.29, 0.717) is 36.2 Å². The maximum absolute atomic E-state index is 15.0. The molecular weight excluding hydrogens is 415 g/mol. The van der Waals surface area contributed by atoms with Crippen molar-refractivity contribution in [2.45, 2.75) is 33.3 Å². The third-order valence-corrected chi connectivity index (χ3v) is 5.60. The summed E-state index contributed by atoms with van der Waals surface area (Å²) in [5, 5.41) is 7.62. The van der Waals surface area contributed by atoms with Gasteiger partial charge < -0.3 is 9.64 Å². The maximum atomic E-state index is 15.0. The lowest BCUT2D eigenvalue weighted by Gasteiger charge is -2.20. The van der Waals surface area contributed by atoms with Crippen molar-refractivity contribution in [3.8, 4) is 0 Å². The van der Waals surface area contributed by atoms with Gasteiger partial charge in [0.2, 0.25) is 0 Å². The third-order valence-electron chi connectivity index (χ3n) is 5.41. The van der Waals surface area contributed by atoms with E-state index in [4.69, 9.17) is 16.3 Å². The number of benzene rings is 2. The first kappa shape index (κ1) is 21.5. The number of likely N-dealkylation sites (N-methyl/N-ethyl adjacent to an activating group) is 1. The molecule has 2 heterocycles. The smallest absolute Gasteiger partial charge is 0.153 e. The lowest BCUT2D eigenvalue weighted by atomic mass is 9.98. The molecule has 0 saturated carbocycles. The van der Waals surface area contributed by atoms with Gasteiger partial charge in [-0.15, -0.1) is 0 Å². The van der Waals surface area contributed by atoms with Crippen molar-refractivity contribution in [2.24, 2.45) is 5.10 Å². The number of rotatable bonds is 7. The molecule has 1 aromatic heterocycles. The van der Waals surface area contributed by atoms with Crippen molar-refractivity contribution < 1.29 is 9.13 Å². The zero-order chi connectivity index (χ0) is 22.0. The van der Waals surface area contributed by atoms with Gasteiger partial charge in [-0.2, -0.15) is 5.10 Å². The number of hydrazone groups is 1. The Hall–Kier alpha value is -2.70. The average molecular weight is 441 g/mol. The number of nitrogens with zero attached hydrogens (tertiary/aromatic N) is 4. The second kappa shape index (κ2) is 9.20. The molecule has 31 heavy (non-hydrogen) atoms. The van der Waals surface area contributed by atoms with Crippen LogP contribution in [0.25, 0.3) is 10.9 Å². The molecule has 0 bridgehead atoms. The summed E-state index contributed by atoms with van der Waals surface area (Å²) in [6, 6.07) is 15.1. The van der Waals surface area contributed by atoms with Crippen LogP contribution < -0.4 is 5.01 Å². The highest BCUT2D eigenvalue weighted by atomic mass is 35.5. The van der Waals surface area contributed by atoms with Crippen LogP contribution in [0.4, 0.5) is 10.1 Å². The Balaban J connectivity index is 1.60. The second-order valence-electron chi connectivity index (χ2n) is 7.90. The first-order chi connectivity index (χ1) is 15.0. The number of aromatic nitrogens is 1. The van der Waals surface area contributed by atoms with Gasteiger partial charge in [0.15, 0.2) is 11.7 Å². The van der Waals surface area contributed by atoms with E-state index in [0.717, 1.165) is 28.9 Å². The molecule has 3 aromatic rings. The molecule has 162 valence electrons. The van der Waals surface area contributed by atoms with Crippen LogP contribution in [-0.2, 0) is 11.3 Å². The summed E-state index contributed by atoms with van der Waals surface area (Å²) in [7, 11) is 0. The SMILES string of the molecule is CCN1CN(c2cc3c(C(C)C)cc(Cl)nc3cc2F)N=C1COCc1ccccc1. The van der Waals surface area contributed by atoms with Crippen LogP contribution in [-0.4, -0.2) is 35.5 Å². The third kappa shape index (κ3) is 4.65. The summed E-state index contributed by atoms with van der Waals surface area (Å²) in [6.45, 7) is 8.32. The minimum Gasteiger partial charge on any atom is -0.369 e. The molecule has 0 aliphatic carbocycles. The average Bonchev–Trinajstić information content (AvgIpc) is 3.16. The van der Waals surface area contributed by atoms with Crippen LogP contribution >= 0.6 is 11.6 Å². The summed E-state index contributed by atoms with van der Waals surface area (Å²) < 4.78 is 20.9. The van der Waals surface area contributed by atoms with Gasteiger partial charge in [-0.1, -0.05) is 55.8 Å². The van der Waals surface area contributed by atoms with Crippen molar-refractivity contribution in [2.75, 3.05) is 24.8 Å². The minimum absolute atomic E-state index is 0.234. The Morgan fingerprint density at radius 3 is 2.61 bits per heavy atom. The summed E-state index contributed by atoms with van der Waals surface area (Å²) in [5.74, 6) is 0.650. The summed E-state index contributed by atoms with van der Waals surface area (Å²) in [6.07, 6.45) is 0. The predicted molar refractivity (Wildman–Crippen MR) is 124 cm³/mol. The fraction of sp³-hybridized carbons (Fsp3) is 0.333. The summed E-state index contributed by atoms with van der Waals surface area (Å²) in [5.41, 5.74) is 3.13. The first-order valence-electron chi connectivity index (χ1n) is 10.5. The Labute approximate surface area is 187 Å². The highest BCUT2D eigenvalue weighted by Gasteiger charge is 2.25. The van der Waals surface area contributed by atoms with E-state index in [-0.39, 0.29) is 11.7 Å². The number of hydrogen-bond acceptors (Lipinski definition) is 5. The number of fused-ring (bicyclic) bond motifs is 1. The van der Waals surface area contributed by atoms with Crippen molar-refractivity contribution in [3.63, 3.8) is 0 Å². The van der Waals surface area contributed by atoms with E-state index < -0.39 is 0 Å². The standard InChI is InChI=1S/C24H26ClFN4O/c1-4-29-15-30(28-24(29)14-31-13-17-8-6-5-7-9-17)22-10-19-18(16(2)3)11-23(25)27-21(19)12-20(22)26/h5-12,16H,4,13-15H2,1-3H3. The van der Waals surface area contributed by atoms with E-state index in [2.05, 4.69) is 35.8 Å². The molecule has 0 fully saturated rings. The number of pyridine rings is 1. The fourth-order valence-electron chi connectivity index (χ4n) is 3.75. The van der Waals surface area contributed by atoms with Crippen LogP contribution in [0.15, 0.2) is 53.6 Å². The summed E-state index contributed by atoms with van der Waals surface area (Å²) >= 11 is 6.15. The quantitative estimate of drug-likeness (QED) is 0.436. The number of amidine groups is 1. The van der Waals surface area contributed by atoms with Crippen molar-refractivity contribution in [3.05, 3.63) is 70.6 Å². The van der Waals surface area contributed by atoms with Gasteiger partial charge in [-0.25, -0.2) is 14.4 Å². The maximum Gasteiger partial charge on any atom is 0.153 e. The van der Waals surface area contributed by atoms with Crippen LogP contribution in [0.1, 0.15) is 37.8 Å². The van der Waals surface area contributed by atoms with Crippen molar-refractivity contribution in [1.29, 1.82) is 0 Å². The molecule has 7 heteroatoms. The zero-order valence-electron chi connectivity index (χ0n) is 18.0. The van der Waals surface area contributed by atoms with Gasteiger partial charge in [0, 0.05) is 18.0 Å². The van der Waals surface area contributed by atoms with Crippen LogP contribution in [0.2, 0.25) is 5.15 Å². The van der Waals surface area contributed by atoms with Gasteiger partial charge in [0.05, 0.1) is 17.8 Å². The highest BCUT2D eigenvalue weighted by Crippen LogP contribution is 2.33. The van der Waals surface area contributed by atoms with E-state index in [1.165, 1.54) is 6.07 Å². The van der Waals surface area contributed by atoms with E-state index in [1.807, 2.05) is 42.5 Å². The molecule has 0 saturated heterocycles. The Morgan fingerprint density at radius 2 is 1.90 bits per heavy atom. The molecule has 1 aliphatic heterocycles. The van der Waals surface area contributed by atoms with E-state index >= 15 is 4.39 Å². The Kier molecular flexibility index (Phi) is 6.39. The molecular formula is C24H26ClFN4O. The number of hydrogen-bond donors (Lipinski definition) is 0. The number of ether oxygens (including phenoxy) is 1. The largest absolute Gasteiger partial charge is 0.369 e. The predicted octanol–water partition coefficient (Wildman–Crippen LogP) is 5.78. The molecule has 2 aromatic carbocycles. The molecule has 1 aliphatic rings. The molecule has 0 amide bonds. The number of anilines is 1. The minimum atomic E-state index is -0.372. The monoisotopic (exact) mass is 440 g/mol. The van der Waals surface area contributed by atoms with Crippen molar-refractivity contribution >= 4 is 34.0 Å². The topological polar surface area (TPSA) is 41.0 Å². The van der Waals surface area contributed by atoms with Crippen molar-refractivity contribution in [1.82, 2.24) is 9.88 Å². The molecule has 0 N–H and O–H groups in total. The molecule has 0 radical (unpaired) electrons. The molecule has 4 rings (SSSR count).